The Labute approximate surface area is 308 Å². The van der Waals surface area contributed by atoms with E-state index in [2.05, 4.69) is 184 Å². The summed E-state index contributed by atoms with van der Waals surface area (Å²) in [6.45, 7) is 8.88. The zero-order chi connectivity index (χ0) is 35.3. The van der Waals surface area contributed by atoms with Crippen LogP contribution in [0.15, 0.2) is 152 Å². The first-order valence-corrected chi connectivity index (χ1v) is 18.6. The Morgan fingerprint density at radius 2 is 1.12 bits per heavy atom. The predicted molar refractivity (Wildman–Crippen MR) is 222 cm³/mol. The van der Waals surface area contributed by atoms with Crippen LogP contribution in [0.4, 0.5) is 17.3 Å². The number of aryl methyl sites for hydroxylation is 4. The monoisotopic (exact) mass is 687 g/mol. The van der Waals surface area contributed by atoms with E-state index in [0.29, 0.717) is 0 Å². The summed E-state index contributed by atoms with van der Waals surface area (Å²) in [4.78, 5) is 14.6. The molecule has 4 heteroatoms. The van der Waals surface area contributed by atoms with Gasteiger partial charge in [0, 0.05) is 31.5 Å². The van der Waals surface area contributed by atoms with E-state index >= 15 is 0 Å². The van der Waals surface area contributed by atoms with Crippen LogP contribution in [0.5, 0.6) is 0 Å². The Kier molecular flexibility index (Phi) is 7.90. The zero-order valence-corrected chi connectivity index (χ0v) is 30.5. The maximum Gasteiger partial charge on any atom is 0.140 e. The summed E-state index contributed by atoms with van der Waals surface area (Å²) in [6, 6.07) is 53.9. The van der Waals surface area contributed by atoms with Crippen molar-refractivity contribution in [3.63, 3.8) is 0 Å². The minimum atomic E-state index is 0.823. The number of nitrogens with zero attached hydrogens (tertiary/aromatic N) is 3. The van der Waals surface area contributed by atoms with Gasteiger partial charge in [0.05, 0.1) is 17.1 Å². The zero-order valence-electron chi connectivity index (χ0n) is 29.7. The van der Waals surface area contributed by atoms with E-state index < -0.39 is 0 Å². The number of anilines is 3. The Morgan fingerprint density at radius 1 is 0.500 bits per heavy atom. The van der Waals surface area contributed by atoms with Crippen LogP contribution in [0.3, 0.4) is 0 Å². The smallest absolute Gasteiger partial charge is 0.140 e. The van der Waals surface area contributed by atoms with E-state index in [-0.39, 0.29) is 0 Å². The highest BCUT2D eigenvalue weighted by Gasteiger charge is 2.24. The normalized spacial score (nSPS) is 11.5. The van der Waals surface area contributed by atoms with Crippen LogP contribution in [0, 0.1) is 27.7 Å². The molecule has 0 aliphatic carbocycles. The second kappa shape index (κ2) is 12.9. The third-order valence-electron chi connectivity index (χ3n) is 10.2. The maximum absolute atomic E-state index is 5.53. The molecule has 9 aromatic rings. The molecular formula is C48H37N3S. The van der Waals surface area contributed by atoms with E-state index in [0.717, 1.165) is 61.7 Å². The molecule has 6 aromatic carbocycles. The predicted octanol–water partition coefficient (Wildman–Crippen LogP) is 13.7. The Bertz CT molecular complexity index is 2760. The van der Waals surface area contributed by atoms with Crippen LogP contribution in [0.1, 0.15) is 21.6 Å². The lowest BCUT2D eigenvalue weighted by molar-refractivity contribution is 1.11. The molecule has 250 valence electrons. The number of hydrogen-bond donors (Lipinski definition) is 0. The first kappa shape index (κ1) is 31.9. The topological polar surface area (TPSA) is 29.0 Å². The lowest BCUT2D eigenvalue weighted by atomic mass is 9.97. The molecule has 52 heavy (non-hydrogen) atoms. The number of thiophene rings is 1. The van der Waals surface area contributed by atoms with Crippen molar-refractivity contribution in [2.45, 2.75) is 27.7 Å². The van der Waals surface area contributed by atoms with Gasteiger partial charge in [-0.3, -0.25) is 4.90 Å². The summed E-state index contributed by atoms with van der Waals surface area (Å²) in [5.74, 6) is 1.65. The number of benzene rings is 6. The summed E-state index contributed by atoms with van der Waals surface area (Å²) in [5, 5.41) is 6.09. The maximum atomic E-state index is 5.53. The highest BCUT2D eigenvalue weighted by atomic mass is 32.1. The molecule has 0 saturated carbocycles. The van der Waals surface area contributed by atoms with E-state index in [4.69, 9.17) is 9.97 Å². The summed E-state index contributed by atoms with van der Waals surface area (Å²) in [5.41, 5.74) is 11.2. The van der Waals surface area contributed by atoms with Gasteiger partial charge in [0.1, 0.15) is 11.6 Å². The second-order valence-electron chi connectivity index (χ2n) is 13.6. The molecule has 0 N–H and O–H groups in total. The van der Waals surface area contributed by atoms with Crippen molar-refractivity contribution >= 4 is 60.3 Å². The minimum absolute atomic E-state index is 0.823. The van der Waals surface area contributed by atoms with Crippen molar-refractivity contribution in [2.24, 2.45) is 0 Å². The molecule has 0 fully saturated rings. The third-order valence-corrected chi connectivity index (χ3v) is 11.5. The van der Waals surface area contributed by atoms with Gasteiger partial charge in [-0.2, -0.15) is 0 Å². The van der Waals surface area contributed by atoms with Crippen molar-refractivity contribution in [3.05, 3.63) is 173 Å². The van der Waals surface area contributed by atoms with Crippen molar-refractivity contribution in [3.8, 4) is 33.6 Å². The van der Waals surface area contributed by atoms with E-state index in [1.807, 2.05) is 11.3 Å². The number of aromatic nitrogens is 2. The SMILES string of the molecule is Cc1cc(-c2ccccc2)cc(C)c1N(c1cccc(-c2cc3ccccc3c3c(C)c(C)sc23)n1)c1cc2ccccc2c(-c2ccccc2)n1. The largest absolute Gasteiger partial charge is 0.278 e. The van der Waals surface area contributed by atoms with Crippen molar-refractivity contribution in [1.29, 1.82) is 0 Å². The van der Waals surface area contributed by atoms with Gasteiger partial charge >= 0.3 is 0 Å². The van der Waals surface area contributed by atoms with Crippen molar-refractivity contribution in [1.82, 2.24) is 9.97 Å². The van der Waals surface area contributed by atoms with Crippen LogP contribution >= 0.6 is 11.3 Å². The molecule has 3 heterocycles. The highest BCUT2D eigenvalue weighted by Crippen LogP contribution is 2.45. The summed E-state index contributed by atoms with van der Waals surface area (Å²) in [7, 11) is 0. The standard InChI is InChI=1S/C48H37N3S/c1-30-26-38(34-16-7-5-8-17-34)27-31(2)47(30)51(44-29-37-21-12-14-23-40(37)46(50-44)35-18-9-6-10-19-35)43-25-15-24-42(49-43)41-28-36-20-11-13-22-39(36)45-32(3)33(4)52-48(41)45/h5-29H,1-4H3. The fourth-order valence-electron chi connectivity index (χ4n) is 7.67. The molecule has 0 amide bonds. The van der Waals surface area contributed by atoms with Gasteiger partial charge in [0.25, 0.3) is 0 Å². The molecule has 3 nitrogen and oxygen atoms in total. The number of hydrogen-bond acceptors (Lipinski definition) is 4. The number of fused-ring (bicyclic) bond motifs is 4. The Morgan fingerprint density at radius 3 is 1.83 bits per heavy atom. The fraction of sp³-hybridized carbons (Fsp3) is 0.0833. The summed E-state index contributed by atoms with van der Waals surface area (Å²) >= 11 is 1.86. The van der Waals surface area contributed by atoms with Crippen molar-refractivity contribution in [2.75, 3.05) is 4.90 Å². The van der Waals surface area contributed by atoms with Crippen LogP contribution in [0.2, 0.25) is 0 Å². The molecule has 0 saturated heterocycles. The molecule has 0 bridgehead atoms. The molecular weight excluding hydrogens is 651 g/mol. The first-order chi connectivity index (χ1) is 25.4. The quantitative estimate of drug-likeness (QED) is 0.174. The minimum Gasteiger partial charge on any atom is -0.278 e. The van der Waals surface area contributed by atoms with Crippen LogP contribution < -0.4 is 4.90 Å². The molecule has 0 atom stereocenters. The fourth-order valence-corrected chi connectivity index (χ4v) is 8.87. The molecule has 9 rings (SSSR count). The second-order valence-corrected chi connectivity index (χ2v) is 14.8. The lowest BCUT2D eigenvalue weighted by Gasteiger charge is -2.28. The van der Waals surface area contributed by atoms with Gasteiger partial charge < -0.3 is 0 Å². The van der Waals surface area contributed by atoms with E-state index in [9.17, 15) is 0 Å². The van der Waals surface area contributed by atoms with Gasteiger partial charge in [-0.05, 0) is 108 Å². The first-order valence-electron chi connectivity index (χ1n) is 17.8. The summed E-state index contributed by atoms with van der Waals surface area (Å²) in [6.07, 6.45) is 0. The van der Waals surface area contributed by atoms with Gasteiger partial charge in [0.2, 0.25) is 0 Å². The molecule has 0 spiro atoms. The molecule has 3 aromatic heterocycles. The average Bonchev–Trinajstić information content (AvgIpc) is 3.49. The third kappa shape index (κ3) is 5.44. The molecule has 0 aliphatic heterocycles. The molecule has 0 aliphatic rings. The Hall–Kier alpha value is -6.10. The van der Waals surface area contributed by atoms with E-state index in [1.54, 1.807) is 0 Å². The van der Waals surface area contributed by atoms with Gasteiger partial charge in [-0.1, -0.05) is 115 Å². The van der Waals surface area contributed by atoms with Crippen LogP contribution in [-0.4, -0.2) is 9.97 Å². The van der Waals surface area contributed by atoms with Gasteiger partial charge in [-0.15, -0.1) is 11.3 Å². The van der Waals surface area contributed by atoms with Gasteiger partial charge in [0.15, 0.2) is 0 Å². The van der Waals surface area contributed by atoms with Crippen LogP contribution in [0.25, 0.3) is 65.3 Å². The van der Waals surface area contributed by atoms with Gasteiger partial charge in [-0.25, -0.2) is 9.97 Å². The molecule has 0 unspecified atom stereocenters. The lowest BCUT2D eigenvalue weighted by Crippen LogP contribution is -2.16. The number of rotatable bonds is 6. The molecule has 0 radical (unpaired) electrons. The highest BCUT2D eigenvalue weighted by molar-refractivity contribution is 7.20. The van der Waals surface area contributed by atoms with E-state index in [1.165, 1.54) is 42.4 Å². The van der Waals surface area contributed by atoms with Crippen molar-refractivity contribution < 1.29 is 0 Å². The summed E-state index contributed by atoms with van der Waals surface area (Å²) < 4.78 is 1.28. The van der Waals surface area contributed by atoms with Crippen LogP contribution in [-0.2, 0) is 0 Å². The number of pyridine rings is 2. The Balaban J connectivity index is 1.31. The average molecular weight is 688 g/mol.